The van der Waals surface area contributed by atoms with Gasteiger partial charge in [-0.15, -0.1) is 0 Å². The van der Waals surface area contributed by atoms with Gasteiger partial charge >= 0.3 is 16.4 Å². The minimum atomic E-state index is -5.21. The first-order valence-electron chi connectivity index (χ1n) is 2.83. The van der Waals surface area contributed by atoms with Crippen molar-refractivity contribution in [3.8, 4) is 0 Å². The molecule has 0 saturated carbocycles. The zero-order chi connectivity index (χ0) is 10.3. The summed E-state index contributed by atoms with van der Waals surface area (Å²) in [5, 5.41) is -1.35. The van der Waals surface area contributed by atoms with Crippen molar-refractivity contribution in [3.05, 3.63) is 17.9 Å². The Hall–Kier alpha value is -1.05. The van der Waals surface area contributed by atoms with Crippen LogP contribution in [0.1, 0.15) is 5.76 Å². The van der Waals surface area contributed by atoms with Crippen LogP contribution in [0, 0.1) is 0 Å². The van der Waals surface area contributed by atoms with Crippen molar-refractivity contribution in [1.82, 2.24) is 0 Å². The molecule has 1 aromatic rings. The van der Waals surface area contributed by atoms with Crippen LogP contribution in [0.3, 0.4) is 0 Å². The lowest BCUT2D eigenvalue weighted by Gasteiger charge is -1.99. The molecule has 13 heavy (non-hydrogen) atoms. The third kappa shape index (κ3) is 2.20. The zero-order valence-corrected chi connectivity index (χ0v) is 6.62. The maximum absolute atomic E-state index is 12.0. The standard InChI is InChI=1S/C5H2F4O3S/c6-5(7,8)3-1-2-4(12-3)13(9,10)11/h1-2H. The fourth-order valence-corrected chi connectivity index (χ4v) is 1.02. The molecule has 0 aliphatic carbocycles. The van der Waals surface area contributed by atoms with E-state index < -0.39 is 27.3 Å². The maximum atomic E-state index is 12.0. The van der Waals surface area contributed by atoms with Crippen LogP contribution in [-0.2, 0) is 16.4 Å². The molecule has 1 aromatic heterocycles. The summed E-state index contributed by atoms with van der Waals surface area (Å²) >= 11 is 0. The summed E-state index contributed by atoms with van der Waals surface area (Å²) in [6, 6.07) is 0.741. The SMILES string of the molecule is O=S(=O)(F)c1ccc(C(F)(F)F)o1. The number of furan rings is 1. The van der Waals surface area contributed by atoms with E-state index >= 15 is 0 Å². The van der Waals surface area contributed by atoms with E-state index in [1.165, 1.54) is 0 Å². The highest BCUT2D eigenvalue weighted by Crippen LogP contribution is 2.31. The van der Waals surface area contributed by atoms with Gasteiger partial charge in [-0.3, -0.25) is 0 Å². The summed E-state index contributed by atoms with van der Waals surface area (Å²) in [7, 11) is -5.21. The highest BCUT2D eigenvalue weighted by atomic mass is 32.3. The molecule has 1 rings (SSSR count). The van der Waals surface area contributed by atoms with Crippen LogP contribution in [-0.4, -0.2) is 8.42 Å². The molecule has 0 aliphatic heterocycles. The molecule has 0 fully saturated rings. The molecule has 74 valence electrons. The second kappa shape index (κ2) is 2.72. The Morgan fingerprint density at radius 1 is 1.23 bits per heavy atom. The predicted octanol–water partition coefficient (Wildman–Crippen LogP) is 1.96. The smallest absolute Gasteiger partial charge is 0.437 e. The van der Waals surface area contributed by atoms with Gasteiger partial charge in [-0.2, -0.15) is 21.6 Å². The van der Waals surface area contributed by atoms with Gasteiger partial charge in [0.1, 0.15) is 0 Å². The number of hydrogen-bond acceptors (Lipinski definition) is 3. The Bertz CT molecular complexity index is 402. The largest absolute Gasteiger partial charge is 0.449 e. The molecule has 0 radical (unpaired) electrons. The second-order valence-electron chi connectivity index (χ2n) is 2.05. The molecule has 8 heteroatoms. The Morgan fingerprint density at radius 2 is 1.77 bits per heavy atom. The lowest BCUT2D eigenvalue weighted by atomic mass is 10.4. The lowest BCUT2D eigenvalue weighted by Crippen LogP contribution is -2.02. The van der Waals surface area contributed by atoms with Crippen LogP contribution in [0.15, 0.2) is 21.6 Å². The van der Waals surface area contributed by atoms with Gasteiger partial charge in [0.05, 0.1) is 0 Å². The van der Waals surface area contributed by atoms with E-state index in [1.54, 1.807) is 0 Å². The van der Waals surface area contributed by atoms with Crippen LogP contribution in [0.4, 0.5) is 17.1 Å². The third-order valence-corrected chi connectivity index (χ3v) is 1.80. The average molecular weight is 218 g/mol. The second-order valence-corrected chi connectivity index (χ2v) is 3.33. The van der Waals surface area contributed by atoms with Crippen LogP contribution in [0.25, 0.3) is 0 Å². The van der Waals surface area contributed by atoms with E-state index in [-0.39, 0.29) is 0 Å². The molecule has 0 aromatic carbocycles. The lowest BCUT2D eigenvalue weighted by molar-refractivity contribution is -0.154. The van der Waals surface area contributed by atoms with E-state index in [2.05, 4.69) is 4.42 Å². The molecular formula is C5H2F4O3S. The number of rotatable bonds is 1. The van der Waals surface area contributed by atoms with Crippen LogP contribution < -0.4 is 0 Å². The Balaban J connectivity index is 3.16. The van der Waals surface area contributed by atoms with Crippen molar-refractivity contribution in [2.75, 3.05) is 0 Å². The molecule has 0 aliphatic rings. The van der Waals surface area contributed by atoms with Crippen molar-refractivity contribution in [2.45, 2.75) is 11.3 Å². The third-order valence-electron chi connectivity index (χ3n) is 1.10. The van der Waals surface area contributed by atoms with E-state index in [9.17, 15) is 25.5 Å². The molecule has 0 saturated heterocycles. The summed E-state index contributed by atoms with van der Waals surface area (Å²) in [6.07, 6.45) is -4.82. The van der Waals surface area contributed by atoms with Crippen molar-refractivity contribution >= 4 is 10.2 Å². The first kappa shape index (κ1) is 10.0. The predicted molar refractivity (Wildman–Crippen MR) is 32.0 cm³/mol. The van der Waals surface area contributed by atoms with Gasteiger partial charge in [-0.1, -0.05) is 3.89 Å². The van der Waals surface area contributed by atoms with E-state index in [0.29, 0.717) is 12.1 Å². The van der Waals surface area contributed by atoms with Crippen molar-refractivity contribution in [1.29, 1.82) is 0 Å². The van der Waals surface area contributed by atoms with E-state index in [4.69, 9.17) is 0 Å². The Labute approximate surface area is 70.2 Å². The highest BCUT2D eigenvalue weighted by molar-refractivity contribution is 7.86. The molecule has 0 spiro atoms. The van der Waals surface area contributed by atoms with Gasteiger partial charge in [0.25, 0.3) is 0 Å². The van der Waals surface area contributed by atoms with E-state index in [1.807, 2.05) is 0 Å². The van der Waals surface area contributed by atoms with Crippen molar-refractivity contribution in [3.63, 3.8) is 0 Å². The maximum Gasteiger partial charge on any atom is 0.449 e. The number of halogens is 4. The van der Waals surface area contributed by atoms with Gasteiger partial charge < -0.3 is 4.42 Å². The fourth-order valence-electron chi connectivity index (χ4n) is 0.604. The zero-order valence-electron chi connectivity index (χ0n) is 5.80. The Kier molecular flexibility index (Phi) is 2.10. The molecule has 3 nitrogen and oxygen atoms in total. The van der Waals surface area contributed by atoms with Crippen LogP contribution >= 0.6 is 0 Å². The summed E-state index contributed by atoms with van der Waals surface area (Å²) in [5.41, 5.74) is 0. The number of hydrogen-bond donors (Lipinski definition) is 0. The van der Waals surface area contributed by atoms with Gasteiger partial charge in [-0.25, -0.2) is 0 Å². The number of alkyl halides is 3. The molecule has 1 heterocycles. The molecular weight excluding hydrogens is 216 g/mol. The highest BCUT2D eigenvalue weighted by Gasteiger charge is 2.36. The first-order chi connectivity index (χ1) is 5.71. The monoisotopic (exact) mass is 218 g/mol. The fraction of sp³-hybridized carbons (Fsp3) is 0.200. The van der Waals surface area contributed by atoms with Crippen molar-refractivity contribution in [2.24, 2.45) is 0 Å². The molecule has 0 atom stereocenters. The van der Waals surface area contributed by atoms with Gasteiger partial charge in [0.2, 0.25) is 10.9 Å². The first-order valence-corrected chi connectivity index (χ1v) is 4.21. The summed E-state index contributed by atoms with van der Waals surface area (Å²) in [5.74, 6) is -1.55. The van der Waals surface area contributed by atoms with Crippen LogP contribution in [0.2, 0.25) is 0 Å². The summed E-state index contributed by atoms with van der Waals surface area (Å²) in [4.78, 5) is 0. The topological polar surface area (TPSA) is 47.3 Å². The van der Waals surface area contributed by atoms with E-state index in [0.717, 1.165) is 0 Å². The summed E-state index contributed by atoms with van der Waals surface area (Å²) in [6.45, 7) is 0. The van der Waals surface area contributed by atoms with Crippen molar-refractivity contribution < 1.29 is 29.9 Å². The molecule has 0 amide bonds. The Morgan fingerprint density at radius 3 is 2.00 bits per heavy atom. The average Bonchev–Trinajstić information content (AvgIpc) is 2.28. The molecule has 0 bridgehead atoms. The molecule has 0 unspecified atom stereocenters. The molecule has 0 N–H and O–H groups in total. The normalized spacial score (nSPS) is 13.2. The van der Waals surface area contributed by atoms with Gasteiger partial charge in [0, 0.05) is 0 Å². The summed E-state index contributed by atoms with van der Waals surface area (Å²) < 4.78 is 71.2. The minimum absolute atomic E-state index is 0.340. The minimum Gasteiger partial charge on any atom is -0.437 e. The van der Waals surface area contributed by atoms with Gasteiger partial charge in [-0.05, 0) is 12.1 Å². The quantitative estimate of drug-likeness (QED) is 0.534. The van der Waals surface area contributed by atoms with Gasteiger partial charge in [0.15, 0.2) is 0 Å². The van der Waals surface area contributed by atoms with Crippen LogP contribution in [0.5, 0.6) is 0 Å².